The molecule has 2 unspecified atom stereocenters. The Labute approximate surface area is 167 Å². The van der Waals surface area contributed by atoms with Gasteiger partial charge in [-0.15, -0.1) is 11.8 Å². The number of aromatic carboxylic acids is 1. The van der Waals surface area contributed by atoms with Crippen molar-refractivity contribution in [3.8, 4) is 5.75 Å². The zero-order chi connectivity index (χ0) is 20.0. The second kappa shape index (κ2) is 7.59. The van der Waals surface area contributed by atoms with Gasteiger partial charge in [0.05, 0.1) is 6.61 Å². The van der Waals surface area contributed by atoms with Crippen molar-refractivity contribution in [2.24, 2.45) is 11.7 Å². The van der Waals surface area contributed by atoms with Crippen LogP contribution >= 0.6 is 11.8 Å². The highest BCUT2D eigenvalue weighted by molar-refractivity contribution is 7.99. The molecule has 0 bridgehead atoms. The van der Waals surface area contributed by atoms with Crippen LogP contribution in [-0.2, 0) is 4.79 Å². The third-order valence-corrected chi connectivity index (χ3v) is 6.87. The van der Waals surface area contributed by atoms with E-state index < -0.39 is 19.1 Å². The first-order chi connectivity index (χ1) is 13.4. The standard InChI is InChI=1S/C18H23BN2O6S/c20-13(8-22)17(23)21-6-9(7-21)3-4-28-14-2-1-10-11-5-12(11)19(26)27-16(10)15(14)18(24)25/h1-2,9,11-13,22,26H,3-8,20H2,(H,24,25)/t11?,12?,13-/m1/s1. The number of hydrogen-bond donors (Lipinski definition) is 4. The Morgan fingerprint density at radius 1 is 1.39 bits per heavy atom. The number of carbonyl (C=O) groups excluding carboxylic acids is 1. The second-order valence-corrected chi connectivity index (χ2v) is 8.85. The summed E-state index contributed by atoms with van der Waals surface area (Å²) in [7, 11) is -0.931. The summed E-state index contributed by atoms with van der Waals surface area (Å²) in [5, 5.41) is 28.6. The summed E-state index contributed by atoms with van der Waals surface area (Å²) in [5.74, 6) is 0.357. The van der Waals surface area contributed by atoms with Gasteiger partial charge in [0.15, 0.2) is 0 Å². The fourth-order valence-corrected chi connectivity index (χ4v) is 5.16. The second-order valence-electron chi connectivity index (χ2n) is 7.71. The van der Waals surface area contributed by atoms with Crippen LogP contribution in [0, 0.1) is 5.92 Å². The maximum absolute atomic E-state index is 11.8. The molecule has 2 heterocycles. The average Bonchev–Trinajstić information content (AvgIpc) is 3.43. The molecule has 1 saturated carbocycles. The predicted octanol–water partition coefficient (Wildman–Crippen LogP) is 0.375. The third kappa shape index (κ3) is 3.50. The van der Waals surface area contributed by atoms with Gasteiger partial charge in [-0.3, -0.25) is 4.79 Å². The molecule has 0 radical (unpaired) electrons. The summed E-state index contributed by atoms with van der Waals surface area (Å²) in [4.78, 5) is 26.0. The lowest BCUT2D eigenvalue weighted by molar-refractivity contribution is -0.139. The molecule has 5 N–H and O–H groups in total. The average molecular weight is 406 g/mol. The number of carboxylic acid groups (broad SMARTS) is 1. The Balaban J connectivity index is 1.35. The number of aliphatic hydroxyl groups is 1. The van der Waals surface area contributed by atoms with Gasteiger partial charge in [-0.25, -0.2) is 4.79 Å². The van der Waals surface area contributed by atoms with E-state index >= 15 is 0 Å². The predicted molar refractivity (Wildman–Crippen MR) is 104 cm³/mol. The van der Waals surface area contributed by atoms with Crippen molar-refractivity contribution < 1.29 is 29.5 Å². The number of likely N-dealkylation sites (tertiary alicyclic amines) is 1. The topological polar surface area (TPSA) is 133 Å². The van der Waals surface area contributed by atoms with Crippen LogP contribution < -0.4 is 10.4 Å². The molecule has 4 rings (SSSR count). The molecule has 150 valence electrons. The molecule has 2 aliphatic heterocycles. The van der Waals surface area contributed by atoms with Gasteiger partial charge in [-0.1, -0.05) is 6.07 Å². The first kappa shape index (κ1) is 19.6. The van der Waals surface area contributed by atoms with Crippen molar-refractivity contribution in [2.75, 3.05) is 25.4 Å². The van der Waals surface area contributed by atoms with E-state index in [1.54, 1.807) is 4.90 Å². The zero-order valence-corrected chi connectivity index (χ0v) is 16.1. The summed E-state index contributed by atoms with van der Waals surface area (Å²) in [5.41, 5.74) is 6.55. The Morgan fingerprint density at radius 2 is 2.14 bits per heavy atom. The van der Waals surface area contributed by atoms with Gasteiger partial charge in [0, 0.05) is 23.8 Å². The molecule has 1 aromatic rings. The van der Waals surface area contributed by atoms with Crippen molar-refractivity contribution >= 4 is 30.8 Å². The normalized spacial score (nSPS) is 24.0. The summed E-state index contributed by atoms with van der Waals surface area (Å²) in [6.07, 6.45) is 1.67. The minimum Gasteiger partial charge on any atom is -0.535 e. The van der Waals surface area contributed by atoms with E-state index in [1.807, 2.05) is 12.1 Å². The molecule has 3 atom stereocenters. The summed E-state index contributed by atoms with van der Waals surface area (Å²) >= 11 is 1.45. The molecule has 28 heavy (non-hydrogen) atoms. The molecule has 0 spiro atoms. The van der Waals surface area contributed by atoms with Crippen LogP contribution in [-0.4, -0.2) is 70.6 Å². The monoisotopic (exact) mass is 406 g/mol. The molecule has 3 aliphatic rings. The number of thioether (sulfide) groups is 1. The highest BCUT2D eigenvalue weighted by atomic mass is 32.2. The van der Waals surface area contributed by atoms with Gasteiger partial charge in [0.25, 0.3) is 0 Å². The van der Waals surface area contributed by atoms with Gasteiger partial charge in [0.2, 0.25) is 5.91 Å². The zero-order valence-electron chi connectivity index (χ0n) is 15.3. The summed E-state index contributed by atoms with van der Waals surface area (Å²) in [6.45, 7) is 0.868. The molecule has 2 fully saturated rings. The number of hydrogen-bond acceptors (Lipinski definition) is 7. The largest absolute Gasteiger partial charge is 0.535 e. The van der Waals surface area contributed by atoms with E-state index in [-0.39, 0.29) is 29.8 Å². The molecule has 0 aromatic heterocycles. The lowest BCUT2D eigenvalue weighted by Gasteiger charge is -2.40. The summed E-state index contributed by atoms with van der Waals surface area (Å²) in [6, 6.07) is 2.89. The minimum absolute atomic E-state index is 0.0795. The molecule has 1 saturated heterocycles. The van der Waals surface area contributed by atoms with Gasteiger partial charge in [-0.05, 0) is 42.1 Å². The van der Waals surface area contributed by atoms with Gasteiger partial charge in [-0.2, -0.15) is 0 Å². The van der Waals surface area contributed by atoms with Crippen molar-refractivity contribution in [1.29, 1.82) is 0 Å². The van der Waals surface area contributed by atoms with Crippen LogP contribution in [0.4, 0.5) is 0 Å². The molecule has 1 aliphatic carbocycles. The number of nitrogens with two attached hydrogens (primary N) is 1. The van der Waals surface area contributed by atoms with Crippen LogP contribution in [0.2, 0.25) is 5.82 Å². The highest BCUT2D eigenvalue weighted by Gasteiger charge is 2.54. The molecule has 1 aromatic carbocycles. The number of carboxylic acids is 1. The molecule has 10 heteroatoms. The van der Waals surface area contributed by atoms with E-state index in [1.165, 1.54) is 11.8 Å². The van der Waals surface area contributed by atoms with Crippen LogP contribution in [0.15, 0.2) is 17.0 Å². The highest BCUT2D eigenvalue weighted by Crippen LogP contribution is 2.60. The summed E-state index contributed by atoms with van der Waals surface area (Å²) < 4.78 is 5.54. The lowest BCUT2D eigenvalue weighted by atomic mass is 9.77. The van der Waals surface area contributed by atoms with Gasteiger partial charge in [0.1, 0.15) is 17.4 Å². The van der Waals surface area contributed by atoms with Crippen LogP contribution in [0.5, 0.6) is 5.75 Å². The van der Waals surface area contributed by atoms with Crippen molar-refractivity contribution in [3.05, 3.63) is 23.3 Å². The number of carbonyl (C=O) groups is 2. The minimum atomic E-state index is -1.05. The van der Waals surface area contributed by atoms with E-state index in [4.69, 9.17) is 15.5 Å². The Bertz CT molecular complexity index is 803. The first-order valence-electron chi connectivity index (χ1n) is 9.43. The number of nitrogens with zero attached hydrogens (tertiary/aromatic N) is 1. The lowest BCUT2D eigenvalue weighted by Crippen LogP contribution is -2.56. The first-order valence-corrected chi connectivity index (χ1v) is 10.4. The molecule has 8 nitrogen and oxygen atoms in total. The number of rotatable bonds is 7. The van der Waals surface area contributed by atoms with E-state index in [0.29, 0.717) is 35.4 Å². The van der Waals surface area contributed by atoms with Crippen molar-refractivity contribution in [3.63, 3.8) is 0 Å². The number of amides is 1. The Kier molecular flexibility index (Phi) is 5.30. The van der Waals surface area contributed by atoms with Gasteiger partial charge < -0.3 is 30.5 Å². The Hall–Kier alpha value is -1.75. The fraction of sp³-hybridized carbons (Fsp3) is 0.556. The van der Waals surface area contributed by atoms with Crippen LogP contribution in [0.25, 0.3) is 0 Å². The maximum atomic E-state index is 11.8. The number of benzene rings is 1. The maximum Gasteiger partial charge on any atom is 0.526 e. The van der Waals surface area contributed by atoms with E-state index in [9.17, 15) is 19.7 Å². The van der Waals surface area contributed by atoms with E-state index in [2.05, 4.69) is 0 Å². The third-order valence-electron chi connectivity index (χ3n) is 5.77. The molecular formula is C18H23BN2O6S. The molecule has 1 amide bonds. The Morgan fingerprint density at radius 3 is 2.82 bits per heavy atom. The SMILES string of the molecule is N[C@H](CO)C(=O)N1CC(CCSc2ccc3c(c2C(=O)O)OB(O)C2CC32)C1. The smallest absolute Gasteiger partial charge is 0.526 e. The van der Waals surface area contributed by atoms with Crippen LogP contribution in [0.3, 0.4) is 0 Å². The number of fused-ring (bicyclic) bond motifs is 3. The van der Waals surface area contributed by atoms with Gasteiger partial charge >= 0.3 is 13.1 Å². The molecular weight excluding hydrogens is 383 g/mol. The van der Waals surface area contributed by atoms with Crippen molar-refractivity contribution in [1.82, 2.24) is 4.90 Å². The number of aliphatic hydroxyl groups excluding tert-OH is 1. The van der Waals surface area contributed by atoms with E-state index in [0.717, 1.165) is 18.4 Å². The van der Waals surface area contributed by atoms with Crippen LogP contribution in [0.1, 0.15) is 34.7 Å². The fourth-order valence-electron chi connectivity index (χ4n) is 4.00. The quantitative estimate of drug-likeness (QED) is 0.377. The van der Waals surface area contributed by atoms with Crippen molar-refractivity contribution in [2.45, 2.75) is 35.5 Å².